The summed E-state index contributed by atoms with van der Waals surface area (Å²) in [6.07, 6.45) is 0. The minimum absolute atomic E-state index is 0.900. The summed E-state index contributed by atoms with van der Waals surface area (Å²) in [6.45, 7) is 0. The molecule has 0 aliphatic heterocycles. The summed E-state index contributed by atoms with van der Waals surface area (Å²) in [6, 6.07) is 87.7. The van der Waals surface area contributed by atoms with Crippen molar-refractivity contribution in [2.24, 2.45) is 0 Å². The molecule has 2 aromatic heterocycles. The fourth-order valence-electron chi connectivity index (χ4n) is 10.2. The predicted octanol–water partition coefficient (Wildman–Crippen LogP) is 17.5. The molecule has 0 unspecified atom stereocenters. The molecule has 65 heavy (non-hydrogen) atoms. The number of para-hydroxylation sites is 6. The predicted molar refractivity (Wildman–Crippen MR) is 274 cm³/mol. The highest BCUT2D eigenvalue weighted by Gasteiger charge is 2.20. The lowest BCUT2D eigenvalue weighted by Gasteiger charge is -2.28. The van der Waals surface area contributed by atoms with Gasteiger partial charge in [-0.1, -0.05) is 182 Å². The quantitative estimate of drug-likeness (QED) is 0.149. The molecule has 13 rings (SSSR count). The van der Waals surface area contributed by atoms with Crippen LogP contribution in [0.4, 0.5) is 17.1 Å². The van der Waals surface area contributed by atoms with Gasteiger partial charge in [-0.15, -0.1) is 0 Å². The number of hydrogen-bond acceptors (Lipinski definition) is 2. The van der Waals surface area contributed by atoms with Gasteiger partial charge in [-0.2, -0.15) is 0 Å². The molecular weight excluding hydrogens is 789 g/mol. The minimum atomic E-state index is 0.900. The molecule has 0 aliphatic carbocycles. The van der Waals surface area contributed by atoms with Gasteiger partial charge in [0.05, 0.1) is 22.4 Å². The van der Waals surface area contributed by atoms with E-state index in [1.54, 1.807) is 0 Å². The first kappa shape index (κ1) is 36.9. The summed E-state index contributed by atoms with van der Waals surface area (Å²) in [5.41, 5.74) is 15.4. The van der Waals surface area contributed by atoms with E-state index in [0.29, 0.717) is 0 Å². The van der Waals surface area contributed by atoms with Crippen LogP contribution in [0.5, 0.6) is 0 Å². The first-order valence-corrected chi connectivity index (χ1v) is 22.2. The van der Waals surface area contributed by atoms with Gasteiger partial charge in [0.15, 0.2) is 0 Å². The van der Waals surface area contributed by atoms with Crippen LogP contribution in [0.2, 0.25) is 0 Å². The normalized spacial score (nSPS) is 11.7. The molecule has 13 aromatic rings. The molecule has 0 aliphatic rings. The summed E-state index contributed by atoms with van der Waals surface area (Å²) in [4.78, 5) is 2.40. The maximum atomic E-state index is 6.48. The molecule has 0 radical (unpaired) electrons. The molecule has 0 bridgehead atoms. The van der Waals surface area contributed by atoms with Gasteiger partial charge in [-0.25, -0.2) is 0 Å². The van der Waals surface area contributed by atoms with Crippen LogP contribution < -0.4 is 4.90 Å². The van der Waals surface area contributed by atoms with Crippen LogP contribution in [-0.2, 0) is 0 Å². The van der Waals surface area contributed by atoms with Crippen LogP contribution >= 0.6 is 0 Å². The Hall–Kier alpha value is -8.66. The van der Waals surface area contributed by atoms with Crippen LogP contribution in [0.1, 0.15) is 0 Å². The zero-order chi connectivity index (χ0) is 42.8. The Morgan fingerprint density at radius 3 is 1.60 bits per heavy atom. The highest BCUT2D eigenvalue weighted by molar-refractivity contribution is 6.11. The van der Waals surface area contributed by atoms with Crippen LogP contribution in [0, 0.1) is 0 Å². The summed E-state index contributed by atoms with van der Waals surface area (Å²) in [5, 5.41) is 9.76. The lowest BCUT2D eigenvalue weighted by Crippen LogP contribution is -2.11. The van der Waals surface area contributed by atoms with Gasteiger partial charge in [-0.05, 0) is 98.9 Å². The van der Waals surface area contributed by atoms with Crippen molar-refractivity contribution in [3.05, 3.63) is 243 Å². The highest BCUT2D eigenvalue weighted by Crippen LogP contribution is 2.44. The van der Waals surface area contributed by atoms with Crippen molar-refractivity contribution in [1.82, 2.24) is 4.57 Å². The van der Waals surface area contributed by atoms with Crippen molar-refractivity contribution < 1.29 is 4.42 Å². The second kappa shape index (κ2) is 15.0. The van der Waals surface area contributed by atoms with Crippen LogP contribution in [0.3, 0.4) is 0 Å². The highest BCUT2D eigenvalue weighted by atomic mass is 16.3. The van der Waals surface area contributed by atoms with Crippen molar-refractivity contribution in [3.8, 4) is 39.1 Å². The van der Waals surface area contributed by atoms with Gasteiger partial charge < -0.3 is 13.9 Å². The lowest BCUT2D eigenvalue weighted by molar-refractivity contribution is 0.670. The van der Waals surface area contributed by atoms with E-state index in [1.165, 1.54) is 54.5 Å². The lowest BCUT2D eigenvalue weighted by atomic mass is 9.96. The van der Waals surface area contributed by atoms with Crippen LogP contribution in [0.25, 0.3) is 104 Å². The van der Waals surface area contributed by atoms with Gasteiger partial charge in [0.2, 0.25) is 0 Å². The first-order valence-electron chi connectivity index (χ1n) is 22.2. The van der Waals surface area contributed by atoms with E-state index in [-0.39, 0.29) is 0 Å². The van der Waals surface area contributed by atoms with E-state index in [9.17, 15) is 0 Å². The van der Waals surface area contributed by atoms with E-state index >= 15 is 0 Å². The Morgan fingerprint density at radius 2 is 0.846 bits per heavy atom. The molecule has 2 heterocycles. The minimum Gasteiger partial charge on any atom is -0.455 e. The molecule has 0 atom stereocenters. The molecule has 0 saturated heterocycles. The number of furan rings is 1. The molecule has 11 aromatic carbocycles. The fraction of sp³-hybridized carbons (Fsp3) is 0. The molecule has 0 fully saturated rings. The SMILES string of the molecule is c1ccc(N(c2ccc(-c3ccccc3-n3c4ccccc4c4ccccc43)cc2)c2ccc(-c3cccc4c3oc3ccccc34)cc2)c(-c2ccc3c(ccc4ccccc43)c2)c1. The standard InChI is InChI=1S/C62H40N2O/c1-2-15-48-41(14-1)28-29-44-40-45(34-39-49(44)48)51-17-4-8-23-57(51)63(47-37-32-43(33-38-47)52-21-13-22-56-55-20-7-12-27-61(55)65-62(52)56)46-35-30-42(31-36-46)50-16-3-9-24-58(50)64-59-25-10-5-18-53(59)54-19-6-11-26-60(54)64/h1-40H. The Morgan fingerprint density at radius 1 is 0.323 bits per heavy atom. The molecule has 0 N–H and O–H groups in total. The number of benzene rings is 11. The van der Waals surface area contributed by atoms with E-state index in [1.807, 2.05) is 12.1 Å². The zero-order valence-electron chi connectivity index (χ0n) is 35.4. The van der Waals surface area contributed by atoms with Crippen molar-refractivity contribution in [2.45, 2.75) is 0 Å². The maximum Gasteiger partial charge on any atom is 0.143 e. The number of hydrogen-bond donors (Lipinski definition) is 0. The van der Waals surface area contributed by atoms with Crippen molar-refractivity contribution in [1.29, 1.82) is 0 Å². The van der Waals surface area contributed by atoms with Crippen LogP contribution in [-0.4, -0.2) is 4.57 Å². The summed E-state index contributed by atoms with van der Waals surface area (Å²) < 4.78 is 8.90. The summed E-state index contributed by atoms with van der Waals surface area (Å²) in [5.74, 6) is 0. The topological polar surface area (TPSA) is 21.3 Å². The Balaban J connectivity index is 0.953. The molecule has 0 saturated carbocycles. The van der Waals surface area contributed by atoms with Crippen molar-refractivity contribution in [2.75, 3.05) is 4.90 Å². The third-order valence-electron chi connectivity index (χ3n) is 13.2. The average molecular weight is 829 g/mol. The zero-order valence-corrected chi connectivity index (χ0v) is 35.4. The first-order chi connectivity index (χ1) is 32.2. The third kappa shape index (κ3) is 6.05. The Labute approximate surface area is 376 Å². The van der Waals surface area contributed by atoms with Crippen molar-refractivity contribution in [3.63, 3.8) is 0 Å². The van der Waals surface area contributed by atoms with Gasteiger partial charge in [0.1, 0.15) is 11.2 Å². The van der Waals surface area contributed by atoms with Crippen LogP contribution in [0.15, 0.2) is 247 Å². The summed E-state index contributed by atoms with van der Waals surface area (Å²) >= 11 is 0. The Bertz CT molecular complexity index is 3900. The molecule has 3 nitrogen and oxygen atoms in total. The molecule has 3 heteroatoms. The number of nitrogens with zero attached hydrogens (tertiary/aromatic N) is 2. The third-order valence-corrected chi connectivity index (χ3v) is 13.2. The largest absolute Gasteiger partial charge is 0.455 e. The fourth-order valence-corrected chi connectivity index (χ4v) is 10.2. The molecular formula is C62H40N2O. The van der Waals surface area contributed by atoms with Gasteiger partial charge in [0, 0.05) is 49.6 Å². The second-order valence-corrected chi connectivity index (χ2v) is 16.8. The second-order valence-electron chi connectivity index (χ2n) is 16.8. The van der Waals surface area contributed by atoms with Gasteiger partial charge in [0.25, 0.3) is 0 Å². The van der Waals surface area contributed by atoms with E-state index in [0.717, 1.165) is 66.9 Å². The van der Waals surface area contributed by atoms with E-state index < -0.39 is 0 Å². The molecule has 0 amide bonds. The smallest absolute Gasteiger partial charge is 0.143 e. The van der Waals surface area contributed by atoms with Gasteiger partial charge >= 0.3 is 0 Å². The van der Waals surface area contributed by atoms with E-state index in [2.05, 4.69) is 240 Å². The average Bonchev–Trinajstić information content (AvgIpc) is 3.93. The van der Waals surface area contributed by atoms with E-state index in [4.69, 9.17) is 4.42 Å². The van der Waals surface area contributed by atoms with Gasteiger partial charge in [-0.3, -0.25) is 0 Å². The monoisotopic (exact) mass is 828 g/mol. The molecule has 0 spiro atoms. The number of aromatic nitrogens is 1. The number of rotatable bonds is 7. The summed E-state index contributed by atoms with van der Waals surface area (Å²) in [7, 11) is 0. The Kier molecular flexibility index (Phi) is 8.53. The number of anilines is 3. The van der Waals surface area contributed by atoms with Crippen molar-refractivity contribution >= 4 is 82.4 Å². The number of fused-ring (bicyclic) bond motifs is 9. The molecule has 304 valence electrons. The maximum absolute atomic E-state index is 6.48.